The molecule has 3 aromatic rings. The van der Waals surface area contributed by atoms with Gasteiger partial charge in [-0.05, 0) is 40.2 Å². The average molecular weight is 743 g/mol. The molecule has 7 nitrogen and oxygen atoms in total. The van der Waals surface area contributed by atoms with Crippen LogP contribution in [0.4, 0.5) is 59.7 Å². The molecule has 0 saturated heterocycles. The maximum atomic E-state index is 15.3. The number of carbonyl (C=O) groups excluding carboxylic acids is 2. The van der Waals surface area contributed by atoms with Gasteiger partial charge >= 0.3 is 24.2 Å². The Kier molecular flexibility index (Phi) is 8.93. The van der Waals surface area contributed by atoms with Gasteiger partial charge in [-0.25, -0.2) is 8.78 Å². The molecule has 0 saturated carbocycles. The van der Waals surface area contributed by atoms with E-state index in [4.69, 9.17) is 21.1 Å². The number of benzene rings is 2. The highest BCUT2D eigenvalue weighted by atomic mass is 79.9. The van der Waals surface area contributed by atoms with Gasteiger partial charge in [-0.2, -0.15) is 44.5 Å². The first-order valence-electron chi connectivity index (χ1n) is 11.8. The molecular formula is C25H12BrClF11N3O4. The lowest BCUT2D eigenvalue weighted by Gasteiger charge is -2.31. The number of rotatable bonds is 5. The summed E-state index contributed by atoms with van der Waals surface area (Å²) < 4.78 is 160. The molecule has 242 valence electrons. The van der Waals surface area contributed by atoms with E-state index in [1.807, 2.05) is 0 Å². The molecule has 1 aliphatic rings. The Labute approximate surface area is 256 Å². The Hall–Kier alpha value is -3.87. The molecule has 4 rings (SSSR count). The highest BCUT2D eigenvalue weighted by molar-refractivity contribution is 9.10. The summed E-state index contributed by atoms with van der Waals surface area (Å²) in [6, 6.07) is 2.73. The number of fused-ring (bicyclic) bond motifs is 1. The van der Waals surface area contributed by atoms with Crippen LogP contribution in [-0.4, -0.2) is 42.4 Å². The topological polar surface area (TPSA) is 89.6 Å². The van der Waals surface area contributed by atoms with Gasteiger partial charge in [-0.1, -0.05) is 17.7 Å². The number of anilines is 2. The monoisotopic (exact) mass is 741 g/mol. The molecule has 0 bridgehead atoms. The molecule has 1 aromatic heterocycles. The molecule has 20 heteroatoms. The van der Waals surface area contributed by atoms with Crippen molar-refractivity contribution in [3.8, 4) is 11.6 Å². The first-order chi connectivity index (χ1) is 20.7. The summed E-state index contributed by atoms with van der Waals surface area (Å²) in [5.74, 6) is -4.30. The summed E-state index contributed by atoms with van der Waals surface area (Å²) in [7, 11) is 0. The number of nitrogens with zero attached hydrogens (tertiary/aromatic N) is 1. The van der Waals surface area contributed by atoms with Gasteiger partial charge in [0.1, 0.15) is 18.4 Å². The Bertz CT molecular complexity index is 1670. The van der Waals surface area contributed by atoms with Crippen molar-refractivity contribution >= 4 is 50.7 Å². The second-order valence-corrected chi connectivity index (χ2v) is 10.1. The van der Waals surface area contributed by atoms with Crippen molar-refractivity contribution in [2.75, 3.05) is 23.8 Å². The van der Waals surface area contributed by atoms with E-state index in [-0.39, 0.29) is 36.5 Å². The van der Waals surface area contributed by atoms with E-state index in [0.717, 1.165) is 24.3 Å². The molecule has 2 amide bonds. The van der Waals surface area contributed by atoms with E-state index < -0.39 is 85.6 Å². The first kappa shape index (κ1) is 34.0. The molecule has 2 aromatic carbocycles. The zero-order valence-corrected chi connectivity index (χ0v) is 23.7. The van der Waals surface area contributed by atoms with Crippen LogP contribution < -0.4 is 20.1 Å². The predicted molar refractivity (Wildman–Crippen MR) is 137 cm³/mol. The van der Waals surface area contributed by atoms with Gasteiger partial charge in [0.15, 0.2) is 11.6 Å². The molecule has 2 N–H and O–H groups in total. The van der Waals surface area contributed by atoms with Crippen LogP contribution in [0.5, 0.6) is 11.6 Å². The van der Waals surface area contributed by atoms with Gasteiger partial charge in [0.25, 0.3) is 17.7 Å². The predicted octanol–water partition coefficient (Wildman–Crippen LogP) is 8.22. The minimum Gasteiger partial charge on any atom is -0.484 e. The van der Waals surface area contributed by atoms with Gasteiger partial charge in [-0.3, -0.25) is 9.59 Å². The minimum atomic E-state index is -6.74. The van der Waals surface area contributed by atoms with Gasteiger partial charge in [0.05, 0.1) is 28.1 Å². The number of hydrogen-bond acceptors (Lipinski definition) is 5. The third-order valence-corrected chi connectivity index (χ3v) is 6.95. The third kappa shape index (κ3) is 6.45. The fraction of sp³-hybridized carbons (Fsp3) is 0.240. The number of carbonyl (C=O) groups is 2. The van der Waals surface area contributed by atoms with Crippen molar-refractivity contribution < 1.29 is 67.4 Å². The zero-order chi connectivity index (χ0) is 33.7. The Morgan fingerprint density at radius 1 is 0.844 bits per heavy atom. The SMILES string of the molecule is O=C(Nc1cccc(C(=O)Nc2c(Br)cc(C(F)(C(F)(F)F)C(F)(F)F)cc2C(F)(F)F)c1F)c1cc2c(nc1Cl)OCCO2. The van der Waals surface area contributed by atoms with Crippen molar-refractivity contribution in [1.29, 1.82) is 0 Å². The maximum Gasteiger partial charge on any atom is 0.435 e. The summed E-state index contributed by atoms with van der Waals surface area (Å²) in [6.45, 7) is 0.252. The van der Waals surface area contributed by atoms with Crippen molar-refractivity contribution in [3.05, 3.63) is 74.1 Å². The molecular weight excluding hydrogens is 731 g/mol. The van der Waals surface area contributed by atoms with Crippen LogP contribution in [0.2, 0.25) is 5.15 Å². The van der Waals surface area contributed by atoms with Crippen molar-refractivity contribution in [3.63, 3.8) is 0 Å². The van der Waals surface area contributed by atoms with Crippen molar-refractivity contribution in [2.24, 2.45) is 0 Å². The van der Waals surface area contributed by atoms with Crippen LogP contribution in [0.1, 0.15) is 31.8 Å². The standard InChI is InChI=1S/C25H12BrClF11N3O4/c26-13-7-9(22(29,24(33,34)35)25(36,37)38)6-12(23(30,31)32)17(13)40-19(42)10-2-1-3-14(16(10)28)39-20(43)11-8-15-21(41-18(11)27)45-5-4-44-15/h1-3,6-8H,4-5H2,(H,39,43)(H,40,42). The van der Waals surface area contributed by atoms with E-state index in [1.54, 1.807) is 5.32 Å². The molecule has 0 aliphatic carbocycles. The van der Waals surface area contributed by atoms with E-state index in [0.29, 0.717) is 0 Å². The molecule has 0 unspecified atom stereocenters. The van der Waals surface area contributed by atoms with Crippen LogP contribution in [0, 0.1) is 5.82 Å². The number of hydrogen-bond donors (Lipinski definition) is 2. The number of alkyl halides is 10. The van der Waals surface area contributed by atoms with Crippen molar-refractivity contribution in [2.45, 2.75) is 24.2 Å². The largest absolute Gasteiger partial charge is 0.484 e. The number of ether oxygens (including phenoxy) is 2. The smallest absolute Gasteiger partial charge is 0.435 e. The maximum absolute atomic E-state index is 15.3. The van der Waals surface area contributed by atoms with Gasteiger partial charge in [-0.15, -0.1) is 0 Å². The molecule has 0 radical (unpaired) electrons. The number of nitrogens with one attached hydrogen (secondary N) is 2. The van der Waals surface area contributed by atoms with E-state index >= 15 is 4.39 Å². The molecule has 0 fully saturated rings. The Morgan fingerprint density at radius 3 is 2.04 bits per heavy atom. The molecule has 0 spiro atoms. The Morgan fingerprint density at radius 2 is 1.44 bits per heavy atom. The van der Waals surface area contributed by atoms with Crippen LogP contribution in [-0.2, 0) is 11.8 Å². The van der Waals surface area contributed by atoms with Crippen LogP contribution in [0.15, 0.2) is 40.9 Å². The highest BCUT2D eigenvalue weighted by Gasteiger charge is 2.73. The quantitative estimate of drug-likeness (QED) is 0.203. The number of pyridine rings is 1. The summed E-state index contributed by atoms with van der Waals surface area (Å²) in [5.41, 5.74) is -14.6. The average Bonchev–Trinajstić information content (AvgIpc) is 2.92. The highest BCUT2D eigenvalue weighted by Crippen LogP contribution is 2.55. The molecule has 0 atom stereocenters. The van der Waals surface area contributed by atoms with Crippen LogP contribution in [0.25, 0.3) is 0 Å². The minimum absolute atomic E-state index is 0.0249. The van der Waals surface area contributed by atoms with Gasteiger partial charge in [0.2, 0.25) is 0 Å². The van der Waals surface area contributed by atoms with E-state index in [2.05, 4.69) is 26.2 Å². The summed E-state index contributed by atoms with van der Waals surface area (Å²) in [5, 5.41) is 3.23. The third-order valence-electron chi connectivity index (χ3n) is 6.04. The molecule has 45 heavy (non-hydrogen) atoms. The fourth-order valence-electron chi connectivity index (χ4n) is 3.93. The second kappa shape index (κ2) is 11.8. The normalized spacial score (nSPS) is 13.8. The summed E-state index contributed by atoms with van der Waals surface area (Å²) >= 11 is 8.32. The van der Waals surface area contributed by atoms with Crippen LogP contribution in [0.3, 0.4) is 0 Å². The second-order valence-electron chi connectivity index (χ2n) is 8.93. The van der Waals surface area contributed by atoms with Crippen molar-refractivity contribution in [1.82, 2.24) is 4.98 Å². The molecule has 2 heterocycles. The lowest BCUT2D eigenvalue weighted by Crippen LogP contribution is -2.50. The number of halogens is 13. The van der Waals surface area contributed by atoms with Crippen LogP contribution >= 0.6 is 27.5 Å². The van der Waals surface area contributed by atoms with E-state index in [1.165, 1.54) is 0 Å². The number of aromatic nitrogens is 1. The summed E-state index contributed by atoms with van der Waals surface area (Å²) in [6.07, 6.45) is -19.2. The lowest BCUT2D eigenvalue weighted by molar-refractivity contribution is -0.348. The Balaban J connectivity index is 1.69. The lowest BCUT2D eigenvalue weighted by atomic mass is 9.92. The van der Waals surface area contributed by atoms with E-state index in [9.17, 15) is 53.5 Å². The van der Waals surface area contributed by atoms with Gasteiger partial charge in [0, 0.05) is 16.1 Å². The zero-order valence-electron chi connectivity index (χ0n) is 21.4. The number of amides is 2. The first-order valence-corrected chi connectivity index (χ1v) is 12.9. The summed E-state index contributed by atoms with van der Waals surface area (Å²) in [4.78, 5) is 29.5. The molecule has 1 aliphatic heterocycles. The fourth-order valence-corrected chi connectivity index (χ4v) is 4.71. The van der Waals surface area contributed by atoms with Gasteiger partial charge < -0.3 is 20.1 Å².